The molecule has 0 spiro atoms. The largest absolute Gasteiger partial charge is 0.477 e. The minimum Gasteiger partial charge on any atom is -0.477 e. The number of aromatic nitrogens is 2. The van der Waals surface area contributed by atoms with Gasteiger partial charge in [0.05, 0.1) is 0 Å². The van der Waals surface area contributed by atoms with Gasteiger partial charge in [-0.25, -0.2) is 9.78 Å². The molecule has 0 saturated heterocycles. The Morgan fingerprint density at radius 1 is 1.27 bits per heavy atom. The summed E-state index contributed by atoms with van der Waals surface area (Å²) in [5.41, 5.74) is 6.14. The van der Waals surface area contributed by atoms with Crippen LogP contribution in [-0.4, -0.2) is 21.0 Å². The van der Waals surface area contributed by atoms with Crippen molar-refractivity contribution in [2.75, 3.05) is 0 Å². The minimum atomic E-state index is -0.985. The standard InChI is InChI=1S/C22H24N2O2/c1-13(2)14-7-8-16-17(12-15-5-4-6-18(23-15)21(25)26)20(22(3)9-10-22)24-19(16)11-14/h4-8,11,13,24H,9-10,12H2,1-3H3,(H,25,26). The molecule has 1 fully saturated rings. The summed E-state index contributed by atoms with van der Waals surface area (Å²) in [6.07, 6.45) is 3.02. The van der Waals surface area contributed by atoms with Gasteiger partial charge in [-0.1, -0.05) is 39.0 Å². The molecule has 2 aromatic heterocycles. The summed E-state index contributed by atoms with van der Waals surface area (Å²) in [5.74, 6) is -0.498. The van der Waals surface area contributed by atoms with E-state index in [2.05, 4.69) is 48.9 Å². The number of aromatic carboxylic acids is 1. The quantitative estimate of drug-likeness (QED) is 0.680. The Labute approximate surface area is 153 Å². The first-order chi connectivity index (χ1) is 12.4. The van der Waals surface area contributed by atoms with E-state index in [4.69, 9.17) is 0 Å². The molecule has 2 N–H and O–H groups in total. The molecule has 4 heteroatoms. The van der Waals surface area contributed by atoms with Crippen molar-refractivity contribution in [1.29, 1.82) is 0 Å². The molecule has 0 amide bonds. The molecule has 1 aliphatic carbocycles. The fourth-order valence-electron chi connectivity index (χ4n) is 3.65. The fourth-order valence-corrected chi connectivity index (χ4v) is 3.65. The van der Waals surface area contributed by atoms with E-state index >= 15 is 0 Å². The topological polar surface area (TPSA) is 66.0 Å². The Bertz CT molecular complexity index is 997. The highest BCUT2D eigenvalue weighted by Crippen LogP contribution is 2.50. The number of aromatic amines is 1. The summed E-state index contributed by atoms with van der Waals surface area (Å²) in [6, 6.07) is 11.9. The zero-order valence-corrected chi connectivity index (χ0v) is 15.5. The second kappa shape index (κ2) is 5.97. The number of carboxylic acids is 1. The van der Waals surface area contributed by atoms with Crippen LogP contribution in [0.5, 0.6) is 0 Å². The van der Waals surface area contributed by atoms with Crippen LogP contribution in [0.3, 0.4) is 0 Å². The van der Waals surface area contributed by atoms with Gasteiger partial charge in [-0.2, -0.15) is 0 Å². The van der Waals surface area contributed by atoms with Crippen molar-refractivity contribution >= 4 is 16.9 Å². The van der Waals surface area contributed by atoms with Gasteiger partial charge >= 0.3 is 5.97 Å². The van der Waals surface area contributed by atoms with Crippen LogP contribution < -0.4 is 0 Å². The molecular formula is C22H24N2O2. The molecule has 0 atom stereocenters. The Morgan fingerprint density at radius 3 is 2.69 bits per heavy atom. The summed E-state index contributed by atoms with van der Waals surface area (Å²) >= 11 is 0. The molecule has 1 aromatic carbocycles. The number of benzene rings is 1. The SMILES string of the molecule is CC(C)c1ccc2c(Cc3cccc(C(=O)O)n3)c(C3(C)CC3)[nH]c2c1. The maximum absolute atomic E-state index is 11.2. The zero-order valence-electron chi connectivity index (χ0n) is 15.5. The normalized spacial score (nSPS) is 15.5. The molecule has 1 aliphatic rings. The molecule has 0 unspecified atom stereocenters. The number of carbonyl (C=O) groups is 1. The predicted octanol–water partition coefficient (Wildman–Crippen LogP) is 5.03. The molecule has 1 saturated carbocycles. The maximum Gasteiger partial charge on any atom is 0.354 e. The molecular weight excluding hydrogens is 324 g/mol. The third kappa shape index (κ3) is 2.90. The highest BCUT2D eigenvalue weighted by atomic mass is 16.4. The molecule has 3 aromatic rings. The van der Waals surface area contributed by atoms with Crippen molar-refractivity contribution in [1.82, 2.24) is 9.97 Å². The number of rotatable bonds is 5. The Balaban J connectivity index is 1.82. The van der Waals surface area contributed by atoms with Crippen molar-refractivity contribution in [2.45, 2.75) is 51.4 Å². The van der Waals surface area contributed by atoms with Gasteiger partial charge in [0.15, 0.2) is 0 Å². The van der Waals surface area contributed by atoms with Crippen molar-refractivity contribution < 1.29 is 9.90 Å². The summed E-state index contributed by atoms with van der Waals surface area (Å²) < 4.78 is 0. The highest BCUT2D eigenvalue weighted by Gasteiger charge is 2.42. The third-order valence-electron chi connectivity index (χ3n) is 5.58. The number of H-pyrrole nitrogens is 1. The van der Waals surface area contributed by atoms with E-state index in [0.29, 0.717) is 12.3 Å². The Kier molecular flexibility index (Phi) is 3.87. The number of pyridine rings is 1. The van der Waals surface area contributed by atoms with E-state index in [9.17, 15) is 9.90 Å². The number of fused-ring (bicyclic) bond motifs is 1. The molecule has 0 aliphatic heterocycles. The molecule has 26 heavy (non-hydrogen) atoms. The lowest BCUT2D eigenvalue weighted by molar-refractivity contribution is 0.0690. The smallest absolute Gasteiger partial charge is 0.354 e. The van der Waals surface area contributed by atoms with Gasteiger partial charge in [-0.05, 0) is 48.1 Å². The number of nitrogens with one attached hydrogen (secondary N) is 1. The molecule has 4 rings (SSSR count). The third-order valence-corrected chi connectivity index (χ3v) is 5.58. The van der Waals surface area contributed by atoms with Crippen LogP contribution in [0.2, 0.25) is 0 Å². The van der Waals surface area contributed by atoms with E-state index in [1.807, 2.05) is 6.07 Å². The average Bonchev–Trinajstić information content (AvgIpc) is 3.26. The van der Waals surface area contributed by atoms with Crippen LogP contribution in [-0.2, 0) is 11.8 Å². The summed E-state index contributed by atoms with van der Waals surface area (Å²) in [7, 11) is 0. The number of hydrogen-bond donors (Lipinski definition) is 2. The highest BCUT2D eigenvalue weighted by molar-refractivity contribution is 5.87. The number of hydrogen-bond acceptors (Lipinski definition) is 2. The van der Waals surface area contributed by atoms with Gasteiger partial charge < -0.3 is 10.1 Å². The molecule has 134 valence electrons. The van der Waals surface area contributed by atoms with Gasteiger partial charge in [-0.3, -0.25) is 0 Å². The number of carboxylic acid groups (broad SMARTS) is 1. The molecule has 0 bridgehead atoms. The van der Waals surface area contributed by atoms with Gasteiger partial charge in [0.2, 0.25) is 0 Å². The lowest BCUT2D eigenvalue weighted by atomic mass is 9.95. The molecule has 0 radical (unpaired) electrons. The van der Waals surface area contributed by atoms with Crippen molar-refractivity contribution in [3.63, 3.8) is 0 Å². The first kappa shape index (κ1) is 16.8. The Hall–Kier alpha value is -2.62. The van der Waals surface area contributed by atoms with Crippen molar-refractivity contribution in [3.05, 3.63) is 64.6 Å². The molecule has 4 nitrogen and oxygen atoms in total. The number of nitrogens with zero attached hydrogens (tertiary/aromatic N) is 1. The van der Waals surface area contributed by atoms with Crippen LogP contribution in [0.25, 0.3) is 10.9 Å². The van der Waals surface area contributed by atoms with Crippen molar-refractivity contribution in [2.24, 2.45) is 0 Å². The van der Waals surface area contributed by atoms with Crippen molar-refractivity contribution in [3.8, 4) is 0 Å². The minimum absolute atomic E-state index is 0.101. The first-order valence-corrected chi connectivity index (χ1v) is 9.21. The fraction of sp³-hybridized carbons (Fsp3) is 0.364. The van der Waals surface area contributed by atoms with Crippen LogP contribution in [0.1, 0.15) is 72.5 Å². The summed E-state index contributed by atoms with van der Waals surface area (Å²) in [4.78, 5) is 19.2. The maximum atomic E-state index is 11.2. The first-order valence-electron chi connectivity index (χ1n) is 9.21. The predicted molar refractivity (Wildman–Crippen MR) is 103 cm³/mol. The van der Waals surface area contributed by atoms with Crippen LogP contribution in [0.4, 0.5) is 0 Å². The summed E-state index contributed by atoms with van der Waals surface area (Å²) in [5, 5.41) is 10.4. The Morgan fingerprint density at radius 2 is 2.04 bits per heavy atom. The van der Waals surface area contributed by atoms with E-state index in [1.165, 1.54) is 40.6 Å². The van der Waals surface area contributed by atoms with Gasteiger partial charge in [0, 0.05) is 34.1 Å². The van der Waals surface area contributed by atoms with Crippen LogP contribution >= 0.6 is 0 Å². The summed E-state index contributed by atoms with van der Waals surface area (Å²) in [6.45, 7) is 6.70. The second-order valence-corrected chi connectivity index (χ2v) is 8.00. The zero-order chi connectivity index (χ0) is 18.5. The van der Waals surface area contributed by atoms with E-state index in [1.54, 1.807) is 12.1 Å². The monoisotopic (exact) mass is 348 g/mol. The van der Waals surface area contributed by atoms with Gasteiger partial charge in [0.25, 0.3) is 0 Å². The van der Waals surface area contributed by atoms with Crippen LogP contribution in [0.15, 0.2) is 36.4 Å². The van der Waals surface area contributed by atoms with Crippen LogP contribution in [0, 0.1) is 0 Å². The van der Waals surface area contributed by atoms with Gasteiger partial charge in [-0.15, -0.1) is 0 Å². The van der Waals surface area contributed by atoms with E-state index in [-0.39, 0.29) is 11.1 Å². The average molecular weight is 348 g/mol. The molecule has 2 heterocycles. The lowest BCUT2D eigenvalue weighted by Crippen LogP contribution is -2.07. The lowest BCUT2D eigenvalue weighted by Gasteiger charge is -2.11. The van der Waals surface area contributed by atoms with Gasteiger partial charge in [0.1, 0.15) is 5.69 Å². The van der Waals surface area contributed by atoms with E-state index < -0.39 is 5.97 Å². The second-order valence-electron chi connectivity index (χ2n) is 8.00. The van der Waals surface area contributed by atoms with E-state index in [0.717, 1.165) is 5.69 Å².